The highest BCUT2D eigenvalue weighted by Crippen LogP contribution is 2.42. The summed E-state index contributed by atoms with van der Waals surface area (Å²) in [5.41, 5.74) is 1.17. The fraction of sp³-hybridized carbons (Fsp3) is 0.565. The Labute approximate surface area is 181 Å². The molecule has 1 saturated carbocycles. The first-order valence-corrected chi connectivity index (χ1v) is 11.0. The summed E-state index contributed by atoms with van der Waals surface area (Å²) >= 11 is 0. The smallest absolute Gasteiger partial charge is 0.254 e. The number of hydrogen-bond donors (Lipinski definition) is 0. The number of ether oxygens (including phenoxy) is 1. The number of carbonyl (C=O) groups excluding carboxylic acids is 1. The highest BCUT2D eigenvalue weighted by molar-refractivity contribution is 5.88. The average Bonchev–Trinajstić information content (AvgIpc) is 3.20. The fourth-order valence-electron chi connectivity index (χ4n) is 4.50. The van der Waals surface area contributed by atoms with E-state index in [0.717, 1.165) is 42.1 Å². The van der Waals surface area contributed by atoms with E-state index in [-0.39, 0.29) is 17.4 Å². The molecule has 5 rings (SSSR count). The Balaban J connectivity index is 1.34. The van der Waals surface area contributed by atoms with Gasteiger partial charge in [0, 0.05) is 37.2 Å². The van der Waals surface area contributed by atoms with Gasteiger partial charge in [-0.05, 0) is 45.6 Å². The van der Waals surface area contributed by atoms with Crippen molar-refractivity contribution in [3.8, 4) is 11.4 Å². The minimum Gasteiger partial charge on any atom is -0.368 e. The third-order valence-electron chi connectivity index (χ3n) is 6.93. The Morgan fingerprint density at radius 3 is 2.58 bits per heavy atom. The molecule has 1 saturated heterocycles. The second-order valence-electron chi connectivity index (χ2n) is 9.43. The lowest BCUT2D eigenvalue weighted by atomic mass is 9.80. The number of carbonyl (C=O) groups is 1. The van der Waals surface area contributed by atoms with Gasteiger partial charge in [0.05, 0.1) is 17.1 Å². The van der Waals surface area contributed by atoms with Crippen LogP contribution in [0.1, 0.15) is 58.4 Å². The number of likely N-dealkylation sites (tertiary alicyclic amines) is 1. The number of nitrogens with zero attached hydrogens (tertiary/aromatic N) is 5. The zero-order chi connectivity index (χ0) is 21.8. The summed E-state index contributed by atoms with van der Waals surface area (Å²) in [4.78, 5) is 19.4. The molecule has 2 aromatic heterocycles. The molecule has 1 amide bonds. The van der Waals surface area contributed by atoms with Crippen LogP contribution in [0, 0.1) is 0 Å². The monoisotopic (exact) mass is 423 g/mol. The zero-order valence-electron chi connectivity index (χ0n) is 18.6. The standard InChI is InChI=1S/C23H29N5O3/c1-15(2)28-18-13-16(5-6-17(18)14-24-28)19-25-20(31-26-19)22(3)9-11-27(12-10-22)21(29)23(30-4)7-8-23/h5-6,13-15H,7-12H2,1-4H3. The van der Waals surface area contributed by atoms with Crippen molar-refractivity contribution in [2.24, 2.45) is 0 Å². The number of piperidine rings is 1. The van der Waals surface area contributed by atoms with Gasteiger partial charge >= 0.3 is 0 Å². The van der Waals surface area contributed by atoms with E-state index in [0.29, 0.717) is 24.8 Å². The van der Waals surface area contributed by atoms with Crippen molar-refractivity contribution < 1.29 is 14.1 Å². The molecule has 0 N–H and O–H groups in total. The van der Waals surface area contributed by atoms with Crippen LogP contribution in [-0.4, -0.2) is 56.5 Å². The van der Waals surface area contributed by atoms with Crippen molar-refractivity contribution >= 4 is 16.8 Å². The predicted molar refractivity (Wildman–Crippen MR) is 116 cm³/mol. The largest absolute Gasteiger partial charge is 0.368 e. The van der Waals surface area contributed by atoms with E-state index in [4.69, 9.17) is 14.2 Å². The lowest BCUT2D eigenvalue weighted by Gasteiger charge is -2.38. The van der Waals surface area contributed by atoms with Gasteiger partial charge in [-0.1, -0.05) is 24.2 Å². The minimum absolute atomic E-state index is 0.123. The van der Waals surface area contributed by atoms with Crippen LogP contribution >= 0.6 is 0 Å². The quantitative estimate of drug-likeness (QED) is 0.622. The van der Waals surface area contributed by atoms with Crippen LogP contribution in [0.2, 0.25) is 0 Å². The summed E-state index contributed by atoms with van der Waals surface area (Å²) in [7, 11) is 1.63. The maximum Gasteiger partial charge on any atom is 0.254 e. The number of fused-ring (bicyclic) bond motifs is 1. The van der Waals surface area contributed by atoms with Gasteiger partial charge in [-0.15, -0.1) is 0 Å². The number of benzene rings is 1. The van der Waals surface area contributed by atoms with Gasteiger partial charge in [0.15, 0.2) is 0 Å². The van der Waals surface area contributed by atoms with Crippen molar-refractivity contribution in [1.29, 1.82) is 0 Å². The Hall–Kier alpha value is -2.74. The molecule has 1 aliphatic carbocycles. The van der Waals surface area contributed by atoms with Crippen LogP contribution in [-0.2, 0) is 14.9 Å². The summed E-state index contributed by atoms with van der Waals surface area (Å²) in [5, 5.41) is 9.84. The van der Waals surface area contributed by atoms with Crippen molar-refractivity contribution in [3.05, 3.63) is 30.3 Å². The van der Waals surface area contributed by atoms with Gasteiger partial charge < -0.3 is 14.2 Å². The molecule has 0 radical (unpaired) electrons. The van der Waals surface area contributed by atoms with Gasteiger partial charge in [0.25, 0.3) is 5.91 Å². The minimum atomic E-state index is -0.563. The Bertz CT molecular complexity index is 1120. The second-order valence-corrected chi connectivity index (χ2v) is 9.43. The van der Waals surface area contributed by atoms with Crippen LogP contribution in [0.4, 0.5) is 0 Å². The molecule has 8 heteroatoms. The SMILES string of the molecule is COC1(C(=O)N2CCC(C)(c3nc(-c4ccc5cnn(C(C)C)c5c4)no3)CC2)CC1. The van der Waals surface area contributed by atoms with E-state index in [1.54, 1.807) is 7.11 Å². The summed E-state index contributed by atoms with van der Waals surface area (Å²) in [6.07, 6.45) is 5.11. The molecule has 0 atom stereocenters. The summed E-state index contributed by atoms with van der Waals surface area (Å²) in [6, 6.07) is 6.39. The normalized spacial score (nSPS) is 19.8. The van der Waals surface area contributed by atoms with Crippen LogP contribution < -0.4 is 0 Å². The molecule has 164 valence electrons. The van der Waals surface area contributed by atoms with Crippen molar-refractivity contribution in [1.82, 2.24) is 24.8 Å². The van der Waals surface area contributed by atoms with Crippen molar-refractivity contribution in [2.75, 3.05) is 20.2 Å². The van der Waals surface area contributed by atoms with E-state index >= 15 is 0 Å². The molecule has 1 aromatic carbocycles. The predicted octanol–water partition coefficient (Wildman–Crippen LogP) is 3.73. The zero-order valence-corrected chi connectivity index (χ0v) is 18.6. The van der Waals surface area contributed by atoms with Crippen molar-refractivity contribution in [3.63, 3.8) is 0 Å². The summed E-state index contributed by atoms with van der Waals surface area (Å²) < 4.78 is 13.2. The van der Waals surface area contributed by atoms with Gasteiger partial charge in [0.2, 0.25) is 11.7 Å². The lowest BCUT2D eigenvalue weighted by molar-refractivity contribution is -0.146. The van der Waals surface area contributed by atoms with Gasteiger partial charge in [-0.3, -0.25) is 9.48 Å². The molecular formula is C23H29N5O3. The molecule has 31 heavy (non-hydrogen) atoms. The van der Waals surface area contributed by atoms with E-state index in [1.165, 1.54) is 0 Å². The Morgan fingerprint density at radius 2 is 1.94 bits per heavy atom. The second kappa shape index (κ2) is 7.15. The highest BCUT2D eigenvalue weighted by atomic mass is 16.5. The molecule has 3 heterocycles. The molecule has 2 aliphatic rings. The van der Waals surface area contributed by atoms with Crippen molar-refractivity contribution in [2.45, 2.75) is 63.5 Å². The number of aromatic nitrogens is 4. The number of methoxy groups -OCH3 is 1. The first kappa shape index (κ1) is 20.2. The first-order chi connectivity index (χ1) is 14.8. The molecule has 0 spiro atoms. The van der Waals surface area contributed by atoms with E-state index in [2.05, 4.69) is 37.1 Å². The summed E-state index contributed by atoms with van der Waals surface area (Å²) in [6.45, 7) is 7.73. The molecule has 2 fully saturated rings. The first-order valence-electron chi connectivity index (χ1n) is 11.0. The third kappa shape index (κ3) is 3.33. The molecule has 0 bridgehead atoms. The van der Waals surface area contributed by atoms with Crippen LogP contribution in [0.3, 0.4) is 0 Å². The van der Waals surface area contributed by atoms with Crippen LogP contribution in [0.15, 0.2) is 28.9 Å². The highest BCUT2D eigenvalue weighted by Gasteiger charge is 2.53. The van der Waals surface area contributed by atoms with Crippen LogP contribution in [0.5, 0.6) is 0 Å². The Kier molecular flexibility index (Phi) is 4.66. The van der Waals surface area contributed by atoms with Gasteiger partial charge in [0.1, 0.15) is 5.60 Å². The van der Waals surface area contributed by atoms with E-state index < -0.39 is 5.60 Å². The fourth-order valence-corrected chi connectivity index (χ4v) is 4.50. The van der Waals surface area contributed by atoms with Gasteiger partial charge in [-0.25, -0.2) is 0 Å². The molecular weight excluding hydrogens is 394 g/mol. The van der Waals surface area contributed by atoms with E-state index in [9.17, 15) is 4.79 Å². The number of hydrogen-bond acceptors (Lipinski definition) is 6. The van der Waals surface area contributed by atoms with E-state index in [1.807, 2.05) is 27.9 Å². The molecule has 1 aliphatic heterocycles. The molecule has 8 nitrogen and oxygen atoms in total. The molecule has 0 unspecified atom stereocenters. The topological polar surface area (TPSA) is 86.3 Å². The number of amides is 1. The summed E-state index contributed by atoms with van der Waals surface area (Å²) in [5.74, 6) is 1.35. The van der Waals surface area contributed by atoms with Gasteiger partial charge in [-0.2, -0.15) is 10.1 Å². The Morgan fingerprint density at radius 1 is 1.19 bits per heavy atom. The van der Waals surface area contributed by atoms with Crippen LogP contribution in [0.25, 0.3) is 22.3 Å². The number of rotatable bonds is 5. The maximum atomic E-state index is 12.8. The maximum absolute atomic E-state index is 12.8. The average molecular weight is 424 g/mol. The lowest BCUT2D eigenvalue weighted by Crippen LogP contribution is -2.48. The molecule has 3 aromatic rings. The third-order valence-corrected chi connectivity index (χ3v) is 6.93.